The van der Waals surface area contributed by atoms with E-state index in [-0.39, 0.29) is 10.6 Å². The molecular weight excluding hydrogens is 339 g/mol. The monoisotopic (exact) mass is 346 g/mol. The van der Waals surface area contributed by atoms with Gasteiger partial charge >= 0.3 is 0 Å². The minimum atomic E-state index is -3.93. The fourth-order valence-corrected chi connectivity index (χ4v) is 2.75. The largest absolute Gasteiger partial charge is 0.326 e. The third-order valence-electron chi connectivity index (χ3n) is 2.24. The Morgan fingerprint density at radius 1 is 1.21 bits per heavy atom. The van der Waals surface area contributed by atoms with Crippen LogP contribution in [0.4, 0.5) is 10.1 Å². The molecule has 19 heavy (non-hydrogen) atoms. The lowest BCUT2D eigenvalue weighted by molar-refractivity contribution is 0.599. The van der Waals surface area contributed by atoms with Crippen LogP contribution < -0.4 is 10.3 Å². The third kappa shape index (κ3) is 3.21. The highest BCUT2D eigenvalue weighted by Crippen LogP contribution is 2.16. The lowest BCUT2D eigenvalue weighted by Gasteiger charge is -2.07. The van der Waals surface area contributed by atoms with Gasteiger partial charge in [-0.3, -0.25) is 9.52 Å². The number of aromatic nitrogens is 1. The maximum absolute atomic E-state index is 12.7. The van der Waals surface area contributed by atoms with E-state index in [0.717, 1.165) is 24.3 Å². The molecule has 5 nitrogen and oxygen atoms in total. The van der Waals surface area contributed by atoms with Gasteiger partial charge in [0.1, 0.15) is 11.5 Å². The number of halogens is 2. The molecule has 0 saturated heterocycles. The summed E-state index contributed by atoms with van der Waals surface area (Å²) in [6.45, 7) is 0. The molecule has 2 rings (SSSR count). The van der Waals surface area contributed by atoms with Crippen molar-refractivity contribution in [2.45, 2.75) is 4.90 Å². The van der Waals surface area contributed by atoms with E-state index >= 15 is 0 Å². The third-order valence-corrected chi connectivity index (χ3v) is 4.08. The van der Waals surface area contributed by atoms with E-state index in [1.165, 1.54) is 12.3 Å². The smallest absolute Gasteiger partial charge is 0.272 e. The molecule has 2 N–H and O–H groups in total. The molecule has 1 aromatic heterocycles. The summed E-state index contributed by atoms with van der Waals surface area (Å²) in [5.41, 5.74) is -0.701. The summed E-state index contributed by atoms with van der Waals surface area (Å²) >= 11 is 3.12. The Morgan fingerprint density at radius 2 is 1.84 bits per heavy atom. The van der Waals surface area contributed by atoms with Crippen molar-refractivity contribution in [2.75, 3.05) is 4.72 Å². The molecule has 0 spiro atoms. The number of aromatic amines is 1. The lowest BCUT2D eigenvalue weighted by Crippen LogP contribution is -2.20. The molecule has 0 aliphatic carbocycles. The van der Waals surface area contributed by atoms with Crippen LogP contribution in [0.15, 0.2) is 50.7 Å². The van der Waals surface area contributed by atoms with Crippen molar-refractivity contribution in [3.63, 3.8) is 0 Å². The van der Waals surface area contributed by atoms with Crippen LogP contribution in [0.25, 0.3) is 0 Å². The van der Waals surface area contributed by atoms with Crippen molar-refractivity contribution < 1.29 is 12.8 Å². The van der Waals surface area contributed by atoms with Crippen LogP contribution >= 0.6 is 15.9 Å². The number of H-pyrrole nitrogens is 1. The summed E-state index contributed by atoms with van der Waals surface area (Å²) in [6.07, 6.45) is 1.39. The second-order valence-electron chi connectivity index (χ2n) is 3.62. The quantitative estimate of drug-likeness (QED) is 0.892. The molecule has 2 aromatic rings. The molecule has 0 bridgehead atoms. The fraction of sp³-hybridized carbons (Fsp3) is 0. The number of hydrogen-bond acceptors (Lipinski definition) is 3. The van der Waals surface area contributed by atoms with Crippen LogP contribution in [0.2, 0.25) is 0 Å². The molecule has 0 radical (unpaired) electrons. The number of hydrogen-bond donors (Lipinski definition) is 2. The first-order chi connectivity index (χ1) is 8.88. The zero-order valence-corrected chi connectivity index (χ0v) is 11.8. The second kappa shape index (κ2) is 5.14. The van der Waals surface area contributed by atoms with Crippen LogP contribution in [0.1, 0.15) is 0 Å². The summed E-state index contributed by atoms with van der Waals surface area (Å²) in [5, 5.41) is 0. The molecule has 0 aliphatic heterocycles. The summed E-state index contributed by atoms with van der Waals surface area (Å²) in [5.74, 6) is -0.542. The van der Waals surface area contributed by atoms with Gasteiger partial charge < -0.3 is 4.98 Å². The van der Waals surface area contributed by atoms with E-state index in [2.05, 4.69) is 25.6 Å². The molecule has 100 valence electrons. The lowest BCUT2D eigenvalue weighted by atomic mass is 10.4. The highest BCUT2D eigenvalue weighted by atomic mass is 79.9. The van der Waals surface area contributed by atoms with Gasteiger partial charge in [-0.2, -0.15) is 0 Å². The van der Waals surface area contributed by atoms with E-state index in [1.54, 1.807) is 0 Å². The van der Waals surface area contributed by atoms with E-state index in [0.29, 0.717) is 4.47 Å². The molecule has 1 aromatic carbocycles. The van der Waals surface area contributed by atoms with Crippen LogP contribution in [0, 0.1) is 5.82 Å². The predicted molar refractivity (Wildman–Crippen MR) is 72.0 cm³/mol. The second-order valence-corrected chi connectivity index (χ2v) is 6.22. The first-order valence-corrected chi connectivity index (χ1v) is 7.33. The standard InChI is InChI=1S/C11H8BrFN2O3S/c12-7-5-10(11(16)14-6-7)15-19(17,18)9-3-1-8(13)2-4-9/h1-6,15H,(H,14,16). The van der Waals surface area contributed by atoms with Gasteiger partial charge in [0, 0.05) is 10.7 Å². The minimum absolute atomic E-state index is 0.126. The van der Waals surface area contributed by atoms with Crippen LogP contribution in [0.5, 0.6) is 0 Å². The first-order valence-electron chi connectivity index (χ1n) is 5.05. The average Bonchev–Trinajstić information content (AvgIpc) is 2.34. The normalized spacial score (nSPS) is 11.3. The van der Waals surface area contributed by atoms with Crippen molar-refractivity contribution in [1.29, 1.82) is 0 Å². The fourth-order valence-electron chi connectivity index (χ4n) is 1.35. The van der Waals surface area contributed by atoms with Gasteiger partial charge in [0.05, 0.1) is 4.90 Å². The van der Waals surface area contributed by atoms with Gasteiger partial charge in [-0.05, 0) is 46.3 Å². The molecule has 1 heterocycles. The predicted octanol–water partition coefficient (Wildman–Crippen LogP) is 2.08. The number of benzene rings is 1. The zero-order valence-electron chi connectivity index (χ0n) is 9.35. The van der Waals surface area contributed by atoms with Gasteiger partial charge in [-0.15, -0.1) is 0 Å². The Balaban J connectivity index is 2.39. The summed E-state index contributed by atoms with van der Waals surface area (Å²) < 4.78 is 39.3. The van der Waals surface area contributed by atoms with E-state index < -0.39 is 21.4 Å². The van der Waals surface area contributed by atoms with E-state index in [4.69, 9.17) is 0 Å². The molecule has 0 amide bonds. The Hall–Kier alpha value is -1.67. The van der Waals surface area contributed by atoms with Crippen molar-refractivity contribution >= 4 is 31.6 Å². The molecule has 0 atom stereocenters. The Labute approximate surface area is 116 Å². The Kier molecular flexibility index (Phi) is 3.72. The van der Waals surface area contributed by atoms with Gasteiger partial charge in [-0.1, -0.05) is 0 Å². The van der Waals surface area contributed by atoms with Gasteiger partial charge in [0.25, 0.3) is 15.6 Å². The Morgan fingerprint density at radius 3 is 2.47 bits per heavy atom. The molecule has 0 unspecified atom stereocenters. The van der Waals surface area contributed by atoms with Crippen LogP contribution in [0.3, 0.4) is 0 Å². The SMILES string of the molecule is O=c1[nH]cc(Br)cc1NS(=O)(=O)c1ccc(F)cc1. The van der Waals surface area contributed by atoms with Crippen molar-refractivity contribution in [3.05, 3.63) is 57.2 Å². The van der Waals surface area contributed by atoms with Gasteiger partial charge in [0.2, 0.25) is 0 Å². The summed E-state index contributed by atoms with van der Waals surface area (Å²) in [6, 6.07) is 5.62. The highest BCUT2D eigenvalue weighted by molar-refractivity contribution is 9.10. The number of anilines is 1. The van der Waals surface area contributed by atoms with E-state index in [1.807, 2.05) is 0 Å². The zero-order chi connectivity index (χ0) is 14.0. The molecule has 0 fully saturated rings. The maximum Gasteiger partial charge on any atom is 0.272 e. The van der Waals surface area contributed by atoms with Crippen LogP contribution in [-0.4, -0.2) is 13.4 Å². The van der Waals surface area contributed by atoms with Gasteiger partial charge in [0.15, 0.2) is 0 Å². The minimum Gasteiger partial charge on any atom is -0.326 e. The van der Waals surface area contributed by atoms with Crippen molar-refractivity contribution in [1.82, 2.24) is 4.98 Å². The number of rotatable bonds is 3. The molecule has 0 aliphatic rings. The summed E-state index contributed by atoms with van der Waals surface area (Å²) in [4.78, 5) is 13.7. The molecule has 8 heteroatoms. The van der Waals surface area contributed by atoms with Crippen LogP contribution in [-0.2, 0) is 10.0 Å². The molecule has 0 saturated carbocycles. The number of sulfonamides is 1. The topological polar surface area (TPSA) is 79.0 Å². The maximum atomic E-state index is 12.7. The van der Waals surface area contributed by atoms with Gasteiger partial charge in [-0.25, -0.2) is 12.8 Å². The molecular formula is C11H8BrFN2O3S. The number of nitrogens with one attached hydrogen (secondary N) is 2. The van der Waals surface area contributed by atoms with E-state index in [9.17, 15) is 17.6 Å². The Bertz CT molecular complexity index is 756. The first kappa shape index (κ1) is 13.8. The average molecular weight is 347 g/mol. The van der Waals surface area contributed by atoms with Crippen molar-refractivity contribution in [2.24, 2.45) is 0 Å². The summed E-state index contributed by atoms with van der Waals surface area (Å²) in [7, 11) is -3.93. The van der Waals surface area contributed by atoms with Crippen molar-refractivity contribution in [3.8, 4) is 0 Å². The number of pyridine rings is 1. The highest BCUT2D eigenvalue weighted by Gasteiger charge is 2.16.